The van der Waals surface area contributed by atoms with E-state index in [0.717, 1.165) is 16.5 Å². The molecule has 3 aromatic carbocycles. The monoisotopic (exact) mass is 436 g/mol. The van der Waals surface area contributed by atoms with Gasteiger partial charge in [0.1, 0.15) is 0 Å². The van der Waals surface area contributed by atoms with Crippen LogP contribution in [0, 0.1) is 10.1 Å². The Morgan fingerprint density at radius 2 is 1.68 bits per heavy atom. The van der Waals surface area contributed by atoms with Gasteiger partial charge in [0.05, 0.1) is 32.3 Å². The van der Waals surface area contributed by atoms with Gasteiger partial charge in [0, 0.05) is 28.6 Å². The SMILES string of the molecule is NCCCS(=O)(=O)c1ccc(Nc2c3ccccc3nc3cc([N+](=O)[O-])ccc23)cc1. The van der Waals surface area contributed by atoms with E-state index in [4.69, 9.17) is 5.73 Å². The minimum atomic E-state index is -3.38. The average Bonchev–Trinajstić information content (AvgIpc) is 2.77. The molecule has 158 valence electrons. The van der Waals surface area contributed by atoms with Gasteiger partial charge < -0.3 is 11.1 Å². The van der Waals surface area contributed by atoms with Crippen LogP contribution < -0.4 is 11.1 Å². The number of hydrogen-bond donors (Lipinski definition) is 2. The van der Waals surface area contributed by atoms with Crippen LogP contribution in [0.3, 0.4) is 0 Å². The number of non-ortho nitro benzene ring substituents is 1. The van der Waals surface area contributed by atoms with Gasteiger partial charge in [-0.05, 0) is 49.4 Å². The van der Waals surface area contributed by atoms with Crippen molar-refractivity contribution < 1.29 is 13.3 Å². The molecule has 0 unspecified atom stereocenters. The van der Waals surface area contributed by atoms with E-state index < -0.39 is 14.8 Å². The summed E-state index contributed by atoms with van der Waals surface area (Å²) in [6, 6.07) is 18.6. The summed E-state index contributed by atoms with van der Waals surface area (Å²) in [5.41, 5.74) is 8.01. The molecular formula is C22H20N4O4S. The number of hydrogen-bond acceptors (Lipinski definition) is 7. The number of anilines is 2. The fourth-order valence-electron chi connectivity index (χ4n) is 3.41. The summed E-state index contributed by atoms with van der Waals surface area (Å²) < 4.78 is 24.7. The molecule has 1 heterocycles. The molecule has 8 nitrogen and oxygen atoms in total. The second-order valence-electron chi connectivity index (χ2n) is 7.07. The molecule has 31 heavy (non-hydrogen) atoms. The normalized spacial score (nSPS) is 11.6. The highest BCUT2D eigenvalue weighted by molar-refractivity contribution is 7.91. The van der Waals surface area contributed by atoms with E-state index in [9.17, 15) is 18.5 Å². The lowest BCUT2D eigenvalue weighted by molar-refractivity contribution is -0.384. The lowest BCUT2D eigenvalue weighted by Crippen LogP contribution is -2.11. The van der Waals surface area contributed by atoms with E-state index >= 15 is 0 Å². The molecule has 0 aliphatic heterocycles. The standard InChI is InChI=1S/C22H20N4O4S/c23-12-3-13-31(29,30)17-9-6-15(7-10-17)24-22-18-4-1-2-5-20(18)25-21-14-16(26(27)28)8-11-19(21)22/h1-2,4-11,14H,3,12-13,23H2,(H,24,25). The summed E-state index contributed by atoms with van der Waals surface area (Å²) in [5, 5.41) is 16.1. The fourth-order valence-corrected chi connectivity index (χ4v) is 4.74. The maximum absolute atomic E-state index is 12.4. The molecule has 9 heteroatoms. The summed E-state index contributed by atoms with van der Waals surface area (Å²) in [6.45, 7) is 0.319. The zero-order valence-electron chi connectivity index (χ0n) is 16.5. The van der Waals surface area contributed by atoms with Gasteiger partial charge in [0.25, 0.3) is 5.69 Å². The maximum Gasteiger partial charge on any atom is 0.271 e. The van der Waals surface area contributed by atoms with Crippen LogP contribution in [0.5, 0.6) is 0 Å². The Hall–Kier alpha value is -3.56. The van der Waals surface area contributed by atoms with E-state index in [-0.39, 0.29) is 16.3 Å². The molecule has 1 aromatic heterocycles. The first kappa shape index (κ1) is 20.7. The highest BCUT2D eigenvalue weighted by Crippen LogP contribution is 2.34. The number of para-hydroxylation sites is 1. The number of fused-ring (bicyclic) bond motifs is 2. The molecule has 0 aliphatic carbocycles. The van der Waals surface area contributed by atoms with Crippen LogP contribution in [0.1, 0.15) is 6.42 Å². The number of nitrogens with zero attached hydrogens (tertiary/aromatic N) is 2. The Morgan fingerprint density at radius 3 is 2.39 bits per heavy atom. The Morgan fingerprint density at radius 1 is 0.968 bits per heavy atom. The first-order chi connectivity index (χ1) is 14.9. The predicted molar refractivity (Wildman–Crippen MR) is 121 cm³/mol. The molecule has 0 atom stereocenters. The van der Waals surface area contributed by atoms with Crippen LogP contribution in [0.15, 0.2) is 71.6 Å². The van der Waals surface area contributed by atoms with Gasteiger partial charge in [-0.15, -0.1) is 0 Å². The smallest absolute Gasteiger partial charge is 0.271 e. The van der Waals surface area contributed by atoms with Crippen molar-refractivity contribution in [2.45, 2.75) is 11.3 Å². The van der Waals surface area contributed by atoms with Gasteiger partial charge in [-0.3, -0.25) is 10.1 Å². The third-order valence-electron chi connectivity index (χ3n) is 4.98. The molecule has 0 amide bonds. The van der Waals surface area contributed by atoms with Crippen LogP contribution in [0.25, 0.3) is 21.8 Å². The third-order valence-corrected chi connectivity index (χ3v) is 6.79. The van der Waals surface area contributed by atoms with Gasteiger partial charge in [0.2, 0.25) is 0 Å². The number of nitrogens with two attached hydrogens (primary N) is 1. The van der Waals surface area contributed by atoms with E-state index in [2.05, 4.69) is 10.3 Å². The third kappa shape index (κ3) is 4.18. The van der Waals surface area contributed by atoms with Crippen LogP contribution in [-0.2, 0) is 9.84 Å². The van der Waals surface area contributed by atoms with Gasteiger partial charge in [-0.2, -0.15) is 0 Å². The summed E-state index contributed by atoms with van der Waals surface area (Å²) in [4.78, 5) is 15.5. The zero-order valence-corrected chi connectivity index (χ0v) is 17.3. The molecule has 3 N–H and O–H groups in total. The van der Waals surface area contributed by atoms with Crippen molar-refractivity contribution >= 4 is 48.7 Å². The minimum absolute atomic E-state index is 0.00862. The first-order valence-electron chi connectivity index (χ1n) is 9.66. The second-order valence-corrected chi connectivity index (χ2v) is 9.18. The van der Waals surface area contributed by atoms with Crippen molar-refractivity contribution in [3.05, 3.63) is 76.8 Å². The molecule has 0 radical (unpaired) electrons. The molecule has 0 saturated carbocycles. The van der Waals surface area contributed by atoms with Crippen molar-refractivity contribution in [1.82, 2.24) is 4.98 Å². The number of benzene rings is 3. The van der Waals surface area contributed by atoms with Crippen LogP contribution >= 0.6 is 0 Å². The van der Waals surface area contributed by atoms with E-state index in [1.807, 2.05) is 24.3 Å². The summed E-state index contributed by atoms with van der Waals surface area (Å²) >= 11 is 0. The first-order valence-corrected chi connectivity index (χ1v) is 11.3. The Kier molecular flexibility index (Phi) is 5.53. The number of nitro groups is 1. The largest absolute Gasteiger partial charge is 0.354 e. The summed E-state index contributed by atoms with van der Waals surface area (Å²) in [5.74, 6) is 0.00862. The molecule has 0 spiro atoms. The van der Waals surface area contributed by atoms with Crippen LogP contribution in [-0.4, -0.2) is 30.6 Å². The van der Waals surface area contributed by atoms with Gasteiger partial charge in [0.15, 0.2) is 9.84 Å². The van der Waals surface area contributed by atoms with Crippen molar-refractivity contribution in [1.29, 1.82) is 0 Å². The van der Waals surface area contributed by atoms with E-state index in [1.54, 1.807) is 30.3 Å². The Labute approximate surface area is 178 Å². The van der Waals surface area contributed by atoms with Crippen molar-refractivity contribution in [2.24, 2.45) is 5.73 Å². The molecule has 4 rings (SSSR count). The highest BCUT2D eigenvalue weighted by atomic mass is 32.2. The Bertz CT molecular complexity index is 1390. The Balaban J connectivity index is 1.77. The van der Waals surface area contributed by atoms with E-state index in [0.29, 0.717) is 29.7 Å². The molecule has 0 aliphatic rings. The molecular weight excluding hydrogens is 416 g/mol. The van der Waals surface area contributed by atoms with Gasteiger partial charge in [-0.25, -0.2) is 13.4 Å². The maximum atomic E-state index is 12.4. The van der Waals surface area contributed by atoms with Gasteiger partial charge in [-0.1, -0.05) is 18.2 Å². The number of nitro benzene ring substituents is 1. The van der Waals surface area contributed by atoms with Crippen molar-refractivity contribution in [2.75, 3.05) is 17.6 Å². The number of nitrogens with one attached hydrogen (secondary N) is 1. The average molecular weight is 436 g/mol. The summed E-state index contributed by atoms with van der Waals surface area (Å²) in [6.07, 6.45) is 0.406. The highest BCUT2D eigenvalue weighted by Gasteiger charge is 2.15. The van der Waals surface area contributed by atoms with Crippen LogP contribution in [0.2, 0.25) is 0 Å². The lowest BCUT2D eigenvalue weighted by atomic mass is 10.1. The number of rotatable bonds is 7. The quantitative estimate of drug-likeness (QED) is 0.253. The van der Waals surface area contributed by atoms with Crippen LogP contribution in [0.4, 0.5) is 17.1 Å². The zero-order chi connectivity index (χ0) is 22.0. The molecule has 4 aromatic rings. The molecule has 0 bridgehead atoms. The van der Waals surface area contributed by atoms with E-state index in [1.165, 1.54) is 12.1 Å². The van der Waals surface area contributed by atoms with Crippen molar-refractivity contribution in [3.63, 3.8) is 0 Å². The predicted octanol–water partition coefficient (Wildman–Crippen LogP) is 4.16. The molecule has 0 saturated heterocycles. The second kappa shape index (κ2) is 8.29. The number of pyridine rings is 1. The molecule has 0 fully saturated rings. The summed E-state index contributed by atoms with van der Waals surface area (Å²) in [7, 11) is -3.38. The lowest BCUT2D eigenvalue weighted by Gasteiger charge is -2.14. The minimum Gasteiger partial charge on any atom is -0.354 e. The topological polar surface area (TPSA) is 128 Å². The number of sulfone groups is 1. The van der Waals surface area contributed by atoms with Gasteiger partial charge >= 0.3 is 0 Å². The number of aromatic nitrogens is 1. The van der Waals surface area contributed by atoms with Crippen molar-refractivity contribution in [3.8, 4) is 0 Å². The fraction of sp³-hybridized carbons (Fsp3) is 0.136.